The Balaban J connectivity index is 1.56. The van der Waals surface area contributed by atoms with Crippen molar-refractivity contribution >= 4 is 29.7 Å². The van der Waals surface area contributed by atoms with Crippen LogP contribution in [0.2, 0.25) is 25.7 Å². The van der Waals surface area contributed by atoms with E-state index in [1.165, 1.54) is 4.31 Å². The van der Waals surface area contributed by atoms with Crippen LogP contribution in [0.3, 0.4) is 0 Å². The first-order valence-corrected chi connectivity index (χ1v) is 15.7. The quantitative estimate of drug-likeness (QED) is 0.246. The highest BCUT2D eigenvalue weighted by Gasteiger charge is 2.36. The lowest BCUT2D eigenvalue weighted by molar-refractivity contribution is 0.0224. The van der Waals surface area contributed by atoms with E-state index >= 15 is 0 Å². The van der Waals surface area contributed by atoms with Gasteiger partial charge in [0.2, 0.25) is 0 Å². The van der Waals surface area contributed by atoms with E-state index in [0.29, 0.717) is 43.3 Å². The molecule has 0 amide bonds. The van der Waals surface area contributed by atoms with E-state index < -0.39 is 18.3 Å². The van der Waals surface area contributed by atoms with Gasteiger partial charge in [-0.1, -0.05) is 50.0 Å². The van der Waals surface area contributed by atoms with Crippen LogP contribution < -0.4 is 13.8 Å². The highest BCUT2D eigenvalue weighted by Crippen LogP contribution is 2.46. The van der Waals surface area contributed by atoms with Gasteiger partial charge >= 0.3 is 10.2 Å². The highest BCUT2D eigenvalue weighted by molar-refractivity contribution is 7.94. The molecule has 2 aliphatic rings. The van der Waals surface area contributed by atoms with Crippen LogP contribution >= 0.6 is 0 Å². The molecule has 7 nitrogen and oxygen atoms in total. The summed E-state index contributed by atoms with van der Waals surface area (Å²) >= 11 is 0. The first-order chi connectivity index (χ1) is 14.7. The van der Waals surface area contributed by atoms with Crippen molar-refractivity contribution in [2.75, 3.05) is 35.6 Å². The van der Waals surface area contributed by atoms with Gasteiger partial charge in [0, 0.05) is 32.4 Å². The van der Waals surface area contributed by atoms with Gasteiger partial charge in [-0.15, -0.1) is 0 Å². The maximum atomic E-state index is 12.8. The van der Waals surface area contributed by atoms with E-state index in [2.05, 4.69) is 24.4 Å². The number of benzene rings is 2. The van der Waals surface area contributed by atoms with E-state index in [9.17, 15) is 8.42 Å². The summed E-state index contributed by atoms with van der Waals surface area (Å²) in [6.07, 6.45) is 0.813. The van der Waals surface area contributed by atoms with Gasteiger partial charge in [-0.25, -0.2) is 0 Å². The highest BCUT2D eigenvalue weighted by atomic mass is 32.2. The molecule has 31 heavy (non-hydrogen) atoms. The number of hydrogen-bond donors (Lipinski definition) is 1. The molecule has 0 saturated carbocycles. The number of fused-ring (bicyclic) bond motifs is 1. The Hall–Kier alpha value is -2.07. The molecule has 2 aromatic carbocycles. The van der Waals surface area contributed by atoms with Crippen LogP contribution in [0.5, 0.6) is 5.75 Å². The van der Waals surface area contributed by atoms with Crippen molar-refractivity contribution in [3.63, 3.8) is 0 Å². The molecular formula is C22H30N2O5SSi. The molecule has 9 heteroatoms. The lowest BCUT2D eigenvalue weighted by atomic mass is 10.0. The van der Waals surface area contributed by atoms with Gasteiger partial charge in [0.1, 0.15) is 5.75 Å². The fourth-order valence-corrected chi connectivity index (χ4v) is 5.60. The number of hydrogen-bond acceptors (Lipinski definition) is 5. The Morgan fingerprint density at radius 2 is 1.87 bits per heavy atom. The topological polar surface area (TPSA) is 80.4 Å². The summed E-state index contributed by atoms with van der Waals surface area (Å²) in [5.74, 6) is 0.665. The summed E-state index contributed by atoms with van der Waals surface area (Å²) in [5.41, 5.74) is 2.87. The standard InChI is InChI=1S/C22H30N2O5SSi/c1-31(2,3)14-13-27-16-29-21-10-5-4-7-18(21)19-8-6-9-20-22(19)24(30(25,26)23-20)12-11-17-15-28-17/h4-10,17,23H,11-16H2,1-3H3/t17-/m0/s1. The predicted molar refractivity (Wildman–Crippen MR) is 126 cm³/mol. The second-order valence-corrected chi connectivity index (χ2v) is 16.3. The van der Waals surface area contributed by atoms with Crippen molar-refractivity contribution < 1.29 is 22.6 Å². The molecule has 2 aromatic rings. The smallest absolute Gasteiger partial charge is 0.324 e. The monoisotopic (exact) mass is 462 g/mol. The normalized spacial score (nSPS) is 19.1. The van der Waals surface area contributed by atoms with Crippen LogP contribution in [0, 0.1) is 0 Å². The summed E-state index contributed by atoms with van der Waals surface area (Å²) in [5, 5.41) is 0. The molecule has 2 aliphatic heterocycles. The van der Waals surface area contributed by atoms with Gasteiger partial charge in [0.25, 0.3) is 0 Å². The Kier molecular flexibility index (Phi) is 6.29. The molecule has 0 bridgehead atoms. The van der Waals surface area contributed by atoms with Crippen LogP contribution in [0.1, 0.15) is 6.42 Å². The number of nitrogens with zero attached hydrogens (tertiary/aromatic N) is 1. The summed E-state index contributed by atoms with van der Waals surface area (Å²) in [7, 11) is -4.78. The van der Waals surface area contributed by atoms with Gasteiger partial charge in [-0.2, -0.15) is 8.42 Å². The fourth-order valence-electron chi connectivity index (χ4n) is 3.51. The molecule has 4 rings (SSSR count). The Labute approximate surface area is 185 Å². The lowest BCUT2D eigenvalue weighted by Gasteiger charge is -2.20. The summed E-state index contributed by atoms with van der Waals surface area (Å²) in [6.45, 7) is 8.84. The molecule has 0 unspecified atom stereocenters. The largest absolute Gasteiger partial charge is 0.467 e. The molecule has 1 fully saturated rings. The average Bonchev–Trinajstić information content (AvgIpc) is 3.48. The minimum atomic E-state index is -3.63. The van der Waals surface area contributed by atoms with Crippen molar-refractivity contribution in [2.45, 2.75) is 38.2 Å². The third-order valence-corrected chi connectivity index (χ3v) is 8.47. The number of ether oxygens (including phenoxy) is 3. The molecule has 168 valence electrons. The van der Waals surface area contributed by atoms with Crippen LogP contribution in [0.15, 0.2) is 42.5 Å². The van der Waals surface area contributed by atoms with Gasteiger partial charge in [-0.3, -0.25) is 9.03 Å². The van der Waals surface area contributed by atoms with Crippen molar-refractivity contribution in [3.8, 4) is 16.9 Å². The Morgan fingerprint density at radius 1 is 1.13 bits per heavy atom. The first-order valence-electron chi connectivity index (χ1n) is 10.6. The SMILES string of the molecule is C[Si](C)(C)CCOCOc1ccccc1-c1cccc2c1N(CC[C@H]1CO1)S(=O)(=O)N2. The average molecular weight is 463 g/mol. The minimum Gasteiger partial charge on any atom is -0.467 e. The zero-order valence-electron chi connectivity index (χ0n) is 18.3. The van der Waals surface area contributed by atoms with Crippen molar-refractivity contribution in [3.05, 3.63) is 42.5 Å². The van der Waals surface area contributed by atoms with Gasteiger partial charge in [-0.05, 0) is 24.6 Å². The van der Waals surface area contributed by atoms with Crippen LogP contribution in [-0.2, 0) is 19.7 Å². The first kappa shape index (κ1) is 22.1. The third-order valence-electron chi connectivity index (χ3n) is 5.34. The maximum Gasteiger partial charge on any atom is 0.324 e. The second kappa shape index (κ2) is 8.82. The summed E-state index contributed by atoms with van der Waals surface area (Å²) < 4.78 is 46.6. The number of anilines is 2. The van der Waals surface area contributed by atoms with E-state index in [-0.39, 0.29) is 12.9 Å². The lowest BCUT2D eigenvalue weighted by Crippen LogP contribution is -2.31. The fraction of sp³-hybridized carbons (Fsp3) is 0.455. The van der Waals surface area contributed by atoms with Gasteiger partial charge in [0.15, 0.2) is 6.79 Å². The van der Waals surface area contributed by atoms with E-state index in [4.69, 9.17) is 14.2 Å². The molecule has 2 heterocycles. The van der Waals surface area contributed by atoms with Crippen LogP contribution in [0.25, 0.3) is 11.1 Å². The number of rotatable bonds is 10. The summed E-state index contributed by atoms with van der Waals surface area (Å²) in [4.78, 5) is 0. The maximum absolute atomic E-state index is 12.8. The molecule has 0 aromatic heterocycles. The van der Waals surface area contributed by atoms with Crippen molar-refractivity contribution in [2.24, 2.45) is 0 Å². The molecule has 1 N–H and O–H groups in total. The molecule has 0 spiro atoms. The number of nitrogens with one attached hydrogen (secondary N) is 1. The molecule has 1 saturated heterocycles. The molecule has 1 atom stereocenters. The zero-order chi connectivity index (χ0) is 22.1. The summed E-state index contributed by atoms with van der Waals surface area (Å²) in [6, 6.07) is 14.3. The minimum absolute atomic E-state index is 0.148. The molecule has 0 aliphatic carbocycles. The Morgan fingerprint density at radius 3 is 2.61 bits per heavy atom. The van der Waals surface area contributed by atoms with Crippen LogP contribution in [-0.4, -0.2) is 49.1 Å². The van der Waals surface area contributed by atoms with Crippen molar-refractivity contribution in [1.29, 1.82) is 0 Å². The van der Waals surface area contributed by atoms with E-state index in [1.54, 1.807) is 6.07 Å². The van der Waals surface area contributed by atoms with Gasteiger partial charge in [0.05, 0.1) is 24.1 Å². The van der Waals surface area contributed by atoms with Crippen molar-refractivity contribution in [1.82, 2.24) is 0 Å². The third kappa shape index (κ3) is 5.41. The van der Waals surface area contributed by atoms with Gasteiger partial charge < -0.3 is 14.2 Å². The van der Waals surface area contributed by atoms with E-state index in [1.807, 2.05) is 36.4 Å². The molecular weight excluding hydrogens is 432 g/mol. The second-order valence-electron chi connectivity index (χ2n) is 9.10. The van der Waals surface area contributed by atoms with Crippen LogP contribution in [0.4, 0.5) is 11.4 Å². The Bertz CT molecular complexity index is 1030. The zero-order valence-corrected chi connectivity index (χ0v) is 20.1. The number of para-hydroxylation sites is 2. The molecule has 0 radical (unpaired) electrons. The number of epoxide rings is 1. The van der Waals surface area contributed by atoms with E-state index in [0.717, 1.165) is 17.2 Å². The predicted octanol–water partition coefficient (Wildman–Crippen LogP) is 4.31.